The van der Waals surface area contributed by atoms with Crippen LogP contribution in [0, 0.1) is 15.5 Å². The third-order valence-corrected chi connectivity index (χ3v) is 6.24. The molecule has 0 bridgehead atoms. The van der Waals surface area contributed by atoms with Gasteiger partial charge in [-0.25, -0.2) is 4.79 Å². The number of hydrogen-bond acceptors (Lipinski definition) is 11. The predicted molar refractivity (Wildman–Crippen MR) is 110 cm³/mol. The van der Waals surface area contributed by atoms with Crippen LogP contribution in [0.3, 0.4) is 0 Å². The summed E-state index contributed by atoms with van der Waals surface area (Å²) in [7, 11) is 2.68. The Labute approximate surface area is 181 Å². The van der Waals surface area contributed by atoms with Crippen molar-refractivity contribution in [2.75, 3.05) is 30.5 Å². The number of nitrogens with two attached hydrogens (primary N) is 1. The molecule has 1 aromatic heterocycles. The minimum atomic E-state index is -0.913. The first kappa shape index (κ1) is 23.1. The van der Waals surface area contributed by atoms with Crippen molar-refractivity contribution in [1.82, 2.24) is 14.8 Å². The summed E-state index contributed by atoms with van der Waals surface area (Å²) < 4.78 is 5.72. The van der Waals surface area contributed by atoms with Crippen molar-refractivity contribution >= 4 is 56.7 Å². The summed E-state index contributed by atoms with van der Waals surface area (Å²) in [5, 5.41) is 21.4. The smallest absolute Gasteiger partial charge is 0.438 e. The molecule has 11 nitrogen and oxygen atoms in total. The van der Waals surface area contributed by atoms with E-state index in [0.29, 0.717) is 21.8 Å². The van der Waals surface area contributed by atoms with E-state index in [0.717, 1.165) is 0 Å². The largest absolute Gasteiger partial charge is 0.447 e. The van der Waals surface area contributed by atoms with Crippen LogP contribution in [0.1, 0.15) is 0 Å². The minimum Gasteiger partial charge on any atom is -0.447 e. The number of aromatic nitrogens is 3. The summed E-state index contributed by atoms with van der Waals surface area (Å²) in [6.07, 6.45) is -0.913. The monoisotopic (exact) mass is 480 g/mol. The van der Waals surface area contributed by atoms with Gasteiger partial charge < -0.3 is 15.3 Å². The number of rotatable bonds is 9. The van der Waals surface area contributed by atoms with Crippen LogP contribution in [-0.2, 0) is 9.57 Å². The summed E-state index contributed by atoms with van der Waals surface area (Å²) >= 11 is 12.2. The van der Waals surface area contributed by atoms with Gasteiger partial charge in [0, 0.05) is 17.1 Å². The molecule has 0 aliphatic heterocycles. The van der Waals surface area contributed by atoms with Crippen LogP contribution in [-0.4, -0.2) is 50.7 Å². The van der Waals surface area contributed by atoms with Gasteiger partial charge in [-0.3, -0.25) is 5.41 Å². The maximum absolute atomic E-state index is 12.2. The summed E-state index contributed by atoms with van der Waals surface area (Å²) in [6, 6.07) is 4.81. The molecule has 0 radical (unpaired) electrons. The zero-order chi connectivity index (χ0) is 21.4. The summed E-state index contributed by atoms with van der Waals surface area (Å²) in [4.78, 5) is 30.2. The highest BCUT2D eigenvalue weighted by molar-refractivity contribution is 8.76. The van der Waals surface area contributed by atoms with E-state index in [1.165, 1.54) is 21.6 Å². The molecule has 3 N–H and O–H groups in total. The normalized spacial score (nSPS) is 10.6. The van der Waals surface area contributed by atoms with E-state index in [1.807, 2.05) is 0 Å². The first-order chi connectivity index (χ1) is 13.8. The van der Waals surface area contributed by atoms with Gasteiger partial charge in [0.15, 0.2) is 5.82 Å². The standard InChI is InChI=1S/C14H14Cl2N6O5S2/c15-9-3-1-2-8(10(9)16)11-12(17)19-13(18)21(20-11)14(23)26-4-6-28-29-7-5-27-22(24)25/h1-3H,4-7H2,(H3,17,18,19). The maximum Gasteiger partial charge on any atom is 0.438 e. The highest BCUT2D eigenvalue weighted by Gasteiger charge is 2.17. The summed E-state index contributed by atoms with van der Waals surface area (Å²) in [5.41, 5.74) is 5.75. The lowest BCUT2D eigenvalue weighted by Crippen LogP contribution is -2.34. The number of nitrogen functional groups attached to an aromatic ring is 1. The first-order valence-corrected chi connectivity index (χ1v) is 11.0. The molecule has 0 spiro atoms. The molecule has 0 unspecified atom stereocenters. The fourth-order valence-corrected chi connectivity index (χ4v) is 3.94. The van der Waals surface area contributed by atoms with Crippen molar-refractivity contribution < 1.29 is 19.5 Å². The number of hydrogen-bond donors (Lipinski definition) is 2. The quantitative estimate of drug-likeness (QED) is 0.236. The van der Waals surface area contributed by atoms with Crippen molar-refractivity contribution in [3.63, 3.8) is 0 Å². The van der Waals surface area contributed by atoms with E-state index in [1.54, 1.807) is 18.2 Å². The summed E-state index contributed by atoms with van der Waals surface area (Å²) in [5.74, 6) is 0.725. The van der Waals surface area contributed by atoms with E-state index in [2.05, 4.69) is 14.9 Å². The molecule has 1 heterocycles. The molecule has 156 valence electrons. The second-order valence-corrected chi connectivity index (χ2v) is 8.48. The number of ether oxygens (including phenoxy) is 1. The Kier molecular flexibility index (Phi) is 8.82. The zero-order valence-corrected chi connectivity index (χ0v) is 17.7. The van der Waals surface area contributed by atoms with Gasteiger partial charge in [0.25, 0.3) is 10.7 Å². The molecule has 29 heavy (non-hydrogen) atoms. The van der Waals surface area contributed by atoms with Gasteiger partial charge >= 0.3 is 6.09 Å². The molecule has 0 aliphatic carbocycles. The minimum absolute atomic E-state index is 0.0261. The lowest BCUT2D eigenvalue weighted by Gasteiger charge is -2.11. The lowest BCUT2D eigenvalue weighted by atomic mass is 10.1. The molecule has 0 saturated carbocycles. The second-order valence-electron chi connectivity index (χ2n) is 5.00. The molecule has 0 atom stereocenters. The highest BCUT2D eigenvalue weighted by atomic mass is 35.5. The number of nitrogens with one attached hydrogen (secondary N) is 1. The van der Waals surface area contributed by atoms with Crippen LogP contribution < -0.4 is 11.4 Å². The van der Waals surface area contributed by atoms with Crippen LogP contribution in [0.15, 0.2) is 18.2 Å². The maximum atomic E-state index is 12.2. The van der Waals surface area contributed by atoms with Crippen molar-refractivity contribution in [2.45, 2.75) is 0 Å². The van der Waals surface area contributed by atoms with E-state index in [9.17, 15) is 14.9 Å². The fraction of sp³-hybridized carbons (Fsp3) is 0.286. The molecule has 1 aromatic carbocycles. The van der Waals surface area contributed by atoms with E-state index in [-0.39, 0.29) is 34.8 Å². The van der Waals surface area contributed by atoms with E-state index >= 15 is 0 Å². The SMILES string of the molecule is N=c1nc(N)c(-c2cccc(Cl)c2Cl)nn1C(=O)OCCSSCCO[N+](=O)[O-]. The van der Waals surface area contributed by atoms with Gasteiger partial charge in [0.1, 0.15) is 18.9 Å². The first-order valence-electron chi connectivity index (χ1n) is 7.76. The summed E-state index contributed by atoms with van der Waals surface area (Å²) in [6.45, 7) is -0.00325. The van der Waals surface area contributed by atoms with Crippen molar-refractivity contribution in [3.05, 3.63) is 44.0 Å². The Hall–Kier alpha value is -2.22. The van der Waals surface area contributed by atoms with Crippen LogP contribution in [0.25, 0.3) is 11.3 Å². The van der Waals surface area contributed by atoms with Gasteiger partial charge in [-0.15, -0.1) is 14.8 Å². The van der Waals surface area contributed by atoms with Crippen LogP contribution in [0.2, 0.25) is 10.0 Å². The van der Waals surface area contributed by atoms with E-state index < -0.39 is 16.8 Å². The van der Waals surface area contributed by atoms with Gasteiger partial charge in [-0.1, -0.05) is 56.9 Å². The van der Waals surface area contributed by atoms with Crippen molar-refractivity contribution in [1.29, 1.82) is 5.41 Å². The Bertz CT molecular complexity index is 961. The van der Waals surface area contributed by atoms with Gasteiger partial charge in [-0.05, 0) is 6.07 Å². The fourth-order valence-electron chi connectivity index (χ4n) is 1.91. The average Bonchev–Trinajstić information content (AvgIpc) is 2.66. The van der Waals surface area contributed by atoms with Gasteiger partial charge in [-0.2, -0.15) is 10.1 Å². The number of halogens is 2. The Morgan fingerprint density at radius 3 is 2.69 bits per heavy atom. The Morgan fingerprint density at radius 2 is 2.00 bits per heavy atom. The zero-order valence-electron chi connectivity index (χ0n) is 14.5. The number of benzene rings is 1. The number of carbonyl (C=O) groups is 1. The average molecular weight is 481 g/mol. The van der Waals surface area contributed by atoms with Crippen molar-refractivity contribution in [3.8, 4) is 11.3 Å². The Morgan fingerprint density at radius 1 is 1.31 bits per heavy atom. The predicted octanol–water partition coefficient (Wildman–Crippen LogP) is 2.89. The topological polar surface area (TPSA) is 159 Å². The number of nitrogens with zero attached hydrogens (tertiary/aromatic N) is 4. The molecule has 0 fully saturated rings. The molecular weight excluding hydrogens is 467 g/mol. The highest BCUT2D eigenvalue weighted by Crippen LogP contribution is 2.33. The molecule has 0 saturated heterocycles. The number of anilines is 1. The molecule has 2 rings (SSSR count). The van der Waals surface area contributed by atoms with E-state index in [4.69, 9.17) is 39.1 Å². The third-order valence-electron chi connectivity index (χ3n) is 3.09. The van der Waals surface area contributed by atoms with Crippen molar-refractivity contribution in [2.24, 2.45) is 0 Å². The van der Waals surface area contributed by atoms with Crippen LogP contribution in [0.4, 0.5) is 10.6 Å². The second kappa shape index (κ2) is 11.1. The molecule has 2 aromatic rings. The molecule has 0 amide bonds. The lowest BCUT2D eigenvalue weighted by molar-refractivity contribution is -0.756. The number of carbonyl (C=O) groups excluding carboxylic acids is 1. The van der Waals surface area contributed by atoms with Crippen LogP contribution in [0.5, 0.6) is 0 Å². The van der Waals surface area contributed by atoms with Gasteiger partial charge in [0.05, 0.1) is 10.0 Å². The molecule has 15 heteroatoms. The molecule has 0 aliphatic rings. The van der Waals surface area contributed by atoms with Crippen LogP contribution >= 0.6 is 44.8 Å². The molecular formula is C14H14Cl2N6O5S2. The third kappa shape index (κ3) is 6.66. The Balaban J connectivity index is 1.98. The van der Waals surface area contributed by atoms with Gasteiger partial charge in [0.2, 0.25) is 0 Å².